The van der Waals surface area contributed by atoms with Crippen molar-refractivity contribution in [1.29, 1.82) is 5.26 Å². The van der Waals surface area contributed by atoms with Crippen LogP contribution in [0, 0.1) is 24.2 Å². The van der Waals surface area contributed by atoms with Crippen LogP contribution in [0.1, 0.15) is 28.8 Å². The van der Waals surface area contributed by atoms with Gasteiger partial charge in [0, 0.05) is 5.56 Å². The zero-order valence-corrected chi connectivity index (χ0v) is 11.3. The lowest BCUT2D eigenvalue weighted by Gasteiger charge is -2.11. The molecule has 1 aliphatic rings. The molecule has 1 fully saturated rings. The molecule has 20 heavy (non-hydrogen) atoms. The second-order valence-corrected chi connectivity index (χ2v) is 5.06. The number of nitriles is 1. The maximum Gasteiger partial charge on any atom is 0.251 e. The fourth-order valence-corrected chi connectivity index (χ4v) is 1.96. The molecular weight excluding hydrogens is 254 g/mol. The van der Waals surface area contributed by atoms with Gasteiger partial charge >= 0.3 is 0 Å². The number of benzene rings is 1. The van der Waals surface area contributed by atoms with Crippen LogP contribution in [0.25, 0.3) is 0 Å². The van der Waals surface area contributed by atoms with Gasteiger partial charge < -0.3 is 10.6 Å². The quantitative estimate of drug-likeness (QED) is 0.842. The number of nitrogens with one attached hydrogen (secondary N) is 2. The Balaban J connectivity index is 1.81. The molecule has 1 atom stereocenters. The smallest absolute Gasteiger partial charge is 0.251 e. The Labute approximate surface area is 118 Å². The Morgan fingerprint density at radius 2 is 2.20 bits per heavy atom. The molecule has 1 unspecified atom stereocenters. The van der Waals surface area contributed by atoms with E-state index in [1.54, 1.807) is 18.2 Å². The zero-order chi connectivity index (χ0) is 14.5. The van der Waals surface area contributed by atoms with Crippen molar-refractivity contribution in [2.75, 3.05) is 6.54 Å². The highest BCUT2D eigenvalue weighted by Gasteiger charge is 2.32. The molecule has 1 saturated carbocycles. The van der Waals surface area contributed by atoms with E-state index in [4.69, 9.17) is 5.26 Å². The van der Waals surface area contributed by atoms with Crippen LogP contribution in [-0.4, -0.2) is 24.4 Å². The molecule has 2 rings (SSSR count). The van der Waals surface area contributed by atoms with E-state index in [2.05, 4.69) is 16.7 Å². The molecule has 5 heteroatoms. The topological polar surface area (TPSA) is 82.0 Å². The van der Waals surface area contributed by atoms with Gasteiger partial charge in [-0.05, 0) is 37.8 Å². The van der Waals surface area contributed by atoms with Crippen LogP contribution < -0.4 is 10.6 Å². The first-order valence-electron chi connectivity index (χ1n) is 6.64. The standard InChI is InChI=1S/C15H17N3O2/c1-10-3-2-4-12(7-10)15(20)17-9-14(19)18-13(8-16)11-5-6-11/h2-4,7,11,13H,5-6,9H2,1H3,(H,17,20)(H,18,19). The second-order valence-electron chi connectivity index (χ2n) is 5.06. The molecule has 0 heterocycles. The van der Waals surface area contributed by atoms with Gasteiger partial charge in [-0.25, -0.2) is 0 Å². The lowest BCUT2D eigenvalue weighted by molar-refractivity contribution is -0.120. The van der Waals surface area contributed by atoms with Gasteiger partial charge in [0.15, 0.2) is 0 Å². The lowest BCUT2D eigenvalue weighted by atomic mass is 10.1. The summed E-state index contributed by atoms with van der Waals surface area (Å²) in [4.78, 5) is 23.5. The first-order chi connectivity index (χ1) is 9.60. The van der Waals surface area contributed by atoms with E-state index in [0.717, 1.165) is 18.4 Å². The van der Waals surface area contributed by atoms with Gasteiger partial charge in [0.05, 0.1) is 12.6 Å². The highest BCUT2D eigenvalue weighted by atomic mass is 16.2. The predicted octanol–water partition coefficient (Wildman–Crippen LogP) is 1.14. The Kier molecular flexibility index (Phi) is 4.36. The average molecular weight is 271 g/mol. The highest BCUT2D eigenvalue weighted by Crippen LogP contribution is 2.32. The molecule has 2 N–H and O–H groups in total. The summed E-state index contributed by atoms with van der Waals surface area (Å²) in [7, 11) is 0. The molecule has 2 amide bonds. The summed E-state index contributed by atoms with van der Waals surface area (Å²) in [6.45, 7) is 1.79. The van der Waals surface area contributed by atoms with Gasteiger partial charge in [-0.2, -0.15) is 5.26 Å². The van der Waals surface area contributed by atoms with E-state index in [1.165, 1.54) is 0 Å². The molecule has 0 aliphatic heterocycles. The number of carbonyl (C=O) groups excluding carboxylic acids is 2. The molecule has 0 spiro atoms. The van der Waals surface area contributed by atoms with E-state index in [0.29, 0.717) is 5.56 Å². The van der Waals surface area contributed by atoms with Gasteiger partial charge in [-0.1, -0.05) is 17.7 Å². The summed E-state index contributed by atoms with van der Waals surface area (Å²) in [6, 6.07) is 8.80. The maximum absolute atomic E-state index is 11.8. The molecular formula is C15H17N3O2. The van der Waals surface area contributed by atoms with Crippen molar-refractivity contribution in [1.82, 2.24) is 10.6 Å². The molecule has 5 nitrogen and oxygen atoms in total. The normalized spacial score (nSPS) is 15.0. The van der Waals surface area contributed by atoms with E-state index in [1.807, 2.05) is 13.0 Å². The van der Waals surface area contributed by atoms with Crippen molar-refractivity contribution in [2.45, 2.75) is 25.8 Å². The number of rotatable bonds is 5. The zero-order valence-electron chi connectivity index (χ0n) is 11.3. The van der Waals surface area contributed by atoms with Crippen LogP contribution in [0.3, 0.4) is 0 Å². The summed E-state index contributed by atoms with van der Waals surface area (Å²) in [5.41, 5.74) is 1.51. The van der Waals surface area contributed by atoms with Crippen LogP contribution in [-0.2, 0) is 4.79 Å². The maximum atomic E-state index is 11.8. The van der Waals surface area contributed by atoms with Gasteiger partial charge in [-0.3, -0.25) is 9.59 Å². The third-order valence-corrected chi connectivity index (χ3v) is 3.24. The summed E-state index contributed by atoms with van der Waals surface area (Å²) >= 11 is 0. The Morgan fingerprint density at radius 1 is 1.45 bits per heavy atom. The number of carbonyl (C=O) groups is 2. The van der Waals surface area contributed by atoms with Crippen LogP contribution in [0.2, 0.25) is 0 Å². The predicted molar refractivity (Wildman–Crippen MR) is 73.8 cm³/mol. The minimum atomic E-state index is -0.432. The van der Waals surface area contributed by atoms with Crippen molar-refractivity contribution in [2.24, 2.45) is 5.92 Å². The van der Waals surface area contributed by atoms with Gasteiger partial charge in [0.2, 0.25) is 5.91 Å². The third kappa shape index (κ3) is 3.82. The molecule has 0 radical (unpaired) electrons. The minimum absolute atomic E-state index is 0.113. The van der Waals surface area contributed by atoms with Gasteiger partial charge in [0.1, 0.15) is 6.04 Å². The van der Waals surface area contributed by atoms with Crippen LogP contribution >= 0.6 is 0 Å². The summed E-state index contributed by atoms with van der Waals surface area (Å²) < 4.78 is 0. The number of hydrogen-bond acceptors (Lipinski definition) is 3. The highest BCUT2D eigenvalue weighted by molar-refractivity contribution is 5.96. The van der Waals surface area contributed by atoms with Crippen LogP contribution in [0.4, 0.5) is 0 Å². The summed E-state index contributed by atoms with van der Waals surface area (Å²) in [6.07, 6.45) is 1.96. The number of hydrogen-bond donors (Lipinski definition) is 2. The Bertz CT molecular complexity index is 558. The number of nitrogens with zero attached hydrogens (tertiary/aromatic N) is 1. The molecule has 104 valence electrons. The van der Waals surface area contributed by atoms with Crippen molar-refractivity contribution >= 4 is 11.8 Å². The Hall–Kier alpha value is -2.35. The van der Waals surface area contributed by atoms with E-state index >= 15 is 0 Å². The average Bonchev–Trinajstić information content (AvgIpc) is 3.26. The molecule has 0 saturated heterocycles. The minimum Gasteiger partial charge on any atom is -0.343 e. The third-order valence-electron chi connectivity index (χ3n) is 3.24. The van der Waals surface area contributed by atoms with Crippen molar-refractivity contribution < 1.29 is 9.59 Å². The van der Waals surface area contributed by atoms with Crippen molar-refractivity contribution in [3.8, 4) is 6.07 Å². The second kappa shape index (κ2) is 6.20. The molecule has 1 aromatic rings. The molecule has 1 aliphatic carbocycles. The number of amides is 2. The molecule has 1 aromatic carbocycles. The first-order valence-corrected chi connectivity index (χ1v) is 6.64. The van der Waals surface area contributed by atoms with E-state index < -0.39 is 6.04 Å². The molecule has 0 aromatic heterocycles. The SMILES string of the molecule is Cc1cccc(C(=O)NCC(=O)NC(C#N)C2CC2)c1. The fourth-order valence-electron chi connectivity index (χ4n) is 1.96. The van der Waals surface area contributed by atoms with E-state index in [-0.39, 0.29) is 24.3 Å². The molecule has 0 bridgehead atoms. The van der Waals surface area contributed by atoms with Gasteiger partial charge in [0.25, 0.3) is 5.91 Å². The number of aryl methyl sites for hydroxylation is 1. The monoisotopic (exact) mass is 271 g/mol. The first kappa shape index (κ1) is 14.1. The fraction of sp³-hybridized carbons (Fsp3) is 0.400. The summed E-state index contributed by atoms with van der Waals surface area (Å²) in [5, 5.41) is 14.1. The summed E-state index contributed by atoms with van der Waals surface area (Å²) in [5.74, 6) is -0.343. The van der Waals surface area contributed by atoms with Crippen molar-refractivity contribution in [3.05, 3.63) is 35.4 Å². The van der Waals surface area contributed by atoms with Crippen LogP contribution in [0.5, 0.6) is 0 Å². The van der Waals surface area contributed by atoms with Gasteiger partial charge in [-0.15, -0.1) is 0 Å². The lowest BCUT2D eigenvalue weighted by Crippen LogP contribution is -2.42. The Morgan fingerprint density at radius 3 is 2.80 bits per heavy atom. The largest absolute Gasteiger partial charge is 0.343 e. The van der Waals surface area contributed by atoms with E-state index in [9.17, 15) is 9.59 Å². The van der Waals surface area contributed by atoms with Crippen molar-refractivity contribution in [3.63, 3.8) is 0 Å². The van der Waals surface area contributed by atoms with Crippen LogP contribution in [0.15, 0.2) is 24.3 Å².